The summed E-state index contributed by atoms with van der Waals surface area (Å²) in [6.45, 7) is 0. The lowest BCUT2D eigenvalue weighted by Gasteiger charge is -2.03. The smallest absolute Gasteiger partial charge is 0.267 e. The van der Waals surface area contributed by atoms with Crippen molar-refractivity contribution < 1.29 is 9.59 Å². The number of halogens is 1. The largest absolute Gasteiger partial charge is 0.326 e. The predicted octanol–water partition coefficient (Wildman–Crippen LogP) is 4.40. The summed E-state index contributed by atoms with van der Waals surface area (Å²) >= 11 is 6.01. The minimum atomic E-state index is -0.190. The van der Waals surface area contributed by atoms with Crippen molar-refractivity contribution in [1.82, 2.24) is 4.98 Å². The zero-order valence-corrected chi connectivity index (χ0v) is 15.5. The second kappa shape index (κ2) is 7.69. The van der Waals surface area contributed by atoms with Crippen molar-refractivity contribution >= 4 is 61.2 Å². The van der Waals surface area contributed by atoms with Crippen LogP contribution in [0.5, 0.6) is 0 Å². The third-order valence-corrected chi connectivity index (χ3v) is 5.19. The molecule has 2 N–H and O–H groups in total. The van der Waals surface area contributed by atoms with Crippen LogP contribution in [0.3, 0.4) is 0 Å². The van der Waals surface area contributed by atoms with E-state index in [1.807, 2.05) is 35.7 Å². The third kappa shape index (κ3) is 4.50. The van der Waals surface area contributed by atoms with Crippen molar-refractivity contribution in [2.24, 2.45) is 0 Å². The number of benzene rings is 1. The lowest BCUT2D eigenvalue weighted by atomic mass is 10.3. The van der Waals surface area contributed by atoms with E-state index >= 15 is 0 Å². The number of nitrogens with zero attached hydrogens (tertiary/aromatic N) is 1. The summed E-state index contributed by atoms with van der Waals surface area (Å²) in [5.41, 5.74) is 1.35. The van der Waals surface area contributed by atoms with Gasteiger partial charge in [0.2, 0.25) is 5.91 Å². The van der Waals surface area contributed by atoms with Crippen molar-refractivity contribution in [3.63, 3.8) is 0 Å². The van der Waals surface area contributed by atoms with Crippen LogP contribution in [0.1, 0.15) is 15.4 Å². The van der Waals surface area contributed by atoms with Gasteiger partial charge in [-0.25, -0.2) is 4.98 Å². The van der Waals surface area contributed by atoms with Gasteiger partial charge in [0.1, 0.15) is 0 Å². The van der Waals surface area contributed by atoms with Gasteiger partial charge in [0.25, 0.3) is 5.91 Å². The first-order valence-corrected chi connectivity index (χ1v) is 9.50. The zero-order valence-electron chi connectivity index (χ0n) is 12.3. The highest BCUT2D eigenvalue weighted by Crippen LogP contribution is 2.19. The van der Waals surface area contributed by atoms with E-state index in [2.05, 4.69) is 31.5 Å². The fraction of sp³-hybridized carbons (Fsp3) is 0.0625. The number of amides is 2. The average molecular weight is 422 g/mol. The maximum absolute atomic E-state index is 12.0. The minimum absolute atomic E-state index is 0.154. The van der Waals surface area contributed by atoms with E-state index in [4.69, 9.17) is 0 Å². The fourth-order valence-electron chi connectivity index (χ4n) is 1.91. The average Bonchev–Trinajstić information content (AvgIpc) is 3.21. The molecule has 0 saturated carbocycles. The second-order valence-electron chi connectivity index (χ2n) is 4.81. The van der Waals surface area contributed by atoms with Gasteiger partial charge in [-0.05, 0) is 35.7 Å². The molecule has 0 saturated heterocycles. The number of hydrogen-bond donors (Lipinski definition) is 2. The van der Waals surface area contributed by atoms with Crippen molar-refractivity contribution in [3.8, 4) is 0 Å². The number of carbonyl (C=O) groups is 2. The molecule has 0 bridgehead atoms. The Hall–Kier alpha value is -2.03. The summed E-state index contributed by atoms with van der Waals surface area (Å²) in [6.07, 6.45) is 0.154. The normalized spacial score (nSPS) is 10.4. The molecule has 0 radical (unpaired) electrons. The van der Waals surface area contributed by atoms with E-state index < -0.39 is 0 Å². The first-order chi connectivity index (χ1) is 11.6. The van der Waals surface area contributed by atoms with Crippen molar-refractivity contribution in [2.45, 2.75) is 6.42 Å². The Balaban J connectivity index is 1.56. The number of thiophene rings is 1. The van der Waals surface area contributed by atoms with Crippen LogP contribution < -0.4 is 10.6 Å². The van der Waals surface area contributed by atoms with E-state index in [9.17, 15) is 9.59 Å². The summed E-state index contributed by atoms with van der Waals surface area (Å²) in [6, 6.07) is 10.9. The lowest BCUT2D eigenvalue weighted by molar-refractivity contribution is -0.115. The summed E-state index contributed by atoms with van der Waals surface area (Å²) in [4.78, 5) is 28.9. The Kier molecular flexibility index (Phi) is 5.39. The number of thiazole rings is 1. The molecular weight excluding hydrogens is 410 g/mol. The van der Waals surface area contributed by atoms with E-state index in [1.165, 1.54) is 22.7 Å². The van der Waals surface area contributed by atoms with Crippen LogP contribution in [0.15, 0.2) is 51.6 Å². The molecule has 0 aliphatic heterocycles. The summed E-state index contributed by atoms with van der Waals surface area (Å²) in [5.74, 6) is -0.344. The number of nitrogens with one attached hydrogen (secondary N) is 2. The van der Waals surface area contributed by atoms with Gasteiger partial charge in [0.15, 0.2) is 5.13 Å². The molecule has 3 aromatic rings. The summed E-state index contributed by atoms with van der Waals surface area (Å²) in [7, 11) is 0. The highest BCUT2D eigenvalue weighted by atomic mass is 79.9. The molecule has 1 aromatic carbocycles. The van der Waals surface area contributed by atoms with E-state index in [-0.39, 0.29) is 18.2 Å². The predicted molar refractivity (Wildman–Crippen MR) is 101 cm³/mol. The monoisotopic (exact) mass is 421 g/mol. The quantitative estimate of drug-likeness (QED) is 0.640. The Labute approximate surface area is 154 Å². The van der Waals surface area contributed by atoms with Crippen molar-refractivity contribution in [1.29, 1.82) is 0 Å². The summed E-state index contributed by atoms with van der Waals surface area (Å²) < 4.78 is 0.950. The first kappa shape index (κ1) is 16.8. The lowest BCUT2D eigenvalue weighted by Crippen LogP contribution is -2.15. The molecule has 0 unspecified atom stereocenters. The standard InChI is InChI=1S/C16H12BrN3O2S2/c17-10-3-5-11(6-4-10)18-14(21)8-12-9-24-16(19-12)20-15(22)13-2-1-7-23-13/h1-7,9H,8H2,(H,18,21)(H,19,20,22). The molecule has 5 nitrogen and oxygen atoms in total. The van der Waals surface area contributed by atoms with Crippen LogP contribution in [-0.2, 0) is 11.2 Å². The SMILES string of the molecule is O=C(Cc1csc(NC(=O)c2cccs2)n1)Nc1ccc(Br)cc1. The van der Waals surface area contributed by atoms with Gasteiger partial charge in [-0.2, -0.15) is 0 Å². The van der Waals surface area contributed by atoms with Gasteiger partial charge >= 0.3 is 0 Å². The topological polar surface area (TPSA) is 71.1 Å². The minimum Gasteiger partial charge on any atom is -0.326 e. The first-order valence-electron chi connectivity index (χ1n) is 6.95. The molecule has 0 aliphatic rings. The number of aromatic nitrogens is 1. The second-order valence-corrected chi connectivity index (χ2v) is 7.53. The number of anilines is 2. The fourth-order valence-corrected chi connectivity index (χ4v) is 3.50. The van der Waals surface area contributed by atoms with Crippen LogP contribution in [-0.4, -0.2) is 16.8 Å². The maximum Gasteiger partial charge on any atom is 0.267 e. The van der Waals surface area contributed by atoms with E-state index in [1.54, 1.807) is 11.4 Å². The molecule has 3 rings (SSSR count). The van der Waals surface area contributed by atoms with Gasteiger partial charge in [-0.3, -0.25) is 14.9 Å². The zero-order chi connectivity index (χ0) is 16.9. The van der Waals surface area contributed by atoms with Gasteiger partial charge in [0, 0.05) is 15.5 Å². The van der Waals surface area contributed by atoms with Crippen LogP contribution in [0, 0.1) is 0 Å². The molecule has 0 atom stereocenters. The molecule has 2 amide bonds. The highest BCUT2D eigenvalue weighted by molar-refractivity contribution is 9.10. The molecule has 8 heteroatoms. The molecule has 24 heavy (non-hydrogen) atoms. The Morgan fingerprint density at radius 3 is 2.58 bits per heavy atom. The number of carbonyl (C=O) groups excluding carboxylic acids is 2. The molecule has 0 fully saturated rings. The van der Waals surface area contributed by atoms with Crippen molar-refractivity contribution in [3.05, 3.63) is 62.2 Å². The highest BCUT2D eigenvalue weighted by Gasteiger charge is 2.12. The molecule has 0 aliphatic carbocycles. The van der Waals surface area contributed by atoms with Crippen LogP contribution in [0.4, 0.5) is 10.8 Å². The van der Waals surface area contributed by atoms with Crippen LogP contribution in [0.25, 0.3) is 0 Å². The van der Waals surface area contributed by atoms with Crippen LogP contribution in [0.2, 0.25) is 0 Å². The van der Waals surface area contributed by atoms with Gasteiger partial charge in [-0.15, -0.1) is 22.7 Å². The van der Waals surface area contributed by atoms with Crippen molar-refractivity contribution in [2.75, 3.05) is 10.6 Å². The van der Waals surface area contributed by atoms with E-state index in [0.29, 0.717) is 15.7 Å². The molecule has 2 aromatic heterocycles. The molecule has 122 valence electrons. The summed E-state index contributed by atoms with van der Waals surface area (Å²) in [5, 5.41) is 9.64. The Morgan fingerprint density at radius 1 is 1.08 bits per heavy atom. The number of rotatable bonds is 5. The van der Waals surface area contributed by atoms with Gasteiger partial charge in [-0.1, -0.05) is 22.0 Å². The number of hydrogen-bond acceptors (Lipinski definition) is 5. The maximum atomic E-state index is 12.0. The Morgan fingerprint density at radius 2 is 1.88 bits per heavy atom. The third-order valence-electron chi connectivity index (χ3n) is 2.99. The van der Waals surface area contributed by atoms with Crippen LogP contribution >= 0.6 is 38.6 Å². The Bertz CT molecular complexity index is 845. The molecule has 2 heterocycles. The van der Waals surface area contributed by atoms with E-state index in [0.717, 1.165) is 10.2 Å². The van der Waals surface area contributed by atoms with Gasteiger partial charge in [0.05, 0.1) is 17.0 Å². The van der Waals surface area contributed by atoms with Gasteiger partial charge < -0.3 is 5.32 Å². The molecular formula is C16H12BrN3O2S2. The molecule has 0 spiro atoms.